The van der Waals surface area contributed by atoms with E-state index in [-0.39, 0.29) is 5.95 Å². The highest BCUT2D eigenvalue weighted by Crippen LogP contribution is 2.21. The van der Waals surface area contributed by atoms with Crippen molar-refractivity contribution in [3.63, 3.8) is 0 Å². The molecule has 0 spiro atoms. The van der Waals surface area contributed by atoms with E-state index in [1.165, 1.54) is 4.68 Å². The molecule has 0 unspecified atom stereocenters. The van der Waals surface area contributed by atoms with E-state index in [1.807, 2.05) is 30.3 Å². The van der Waals surface area contributed by atoms with Crippen LogP contribution in [-0.4, -0.2) is 19.9 Å². The molecule has 0 aliphatic heterocycles. The van der Waals surface area contributed by atoms with Gasteiger partial charge in [0.15, 0.2) is 5.82 Å². The first-order chi connectivity index (χ1) is 8.25. The highest BCUT2D eigenvalue weighted by atomic mass is 15.4. The minimum absolute atomic E-state index is 0.186. The molecule has 0 atom stereocenters. The van der Waals surface area contributed by atoms with Gasteiger partial charge in [-0.1, -0.05) is 6.07 Å². The summed E-state index contributed by atoms with van der Waals surface area (Å²) in [4.78, 5) is 4.24. The average Bonchev–Trinajstić information content (AvgIpc) is 2.70. The maximum absolute atomic E-state index is 5.73. The molecule has 4 N–H and O–H groups in total. The number of rotatable bonds is 1. The van der Waals surface area contributed by atoms with Crippen molar-refractivity contribution >= 4 is 16.9 Å². The van der Waals surface area contributed by atoms with Crippen LogP contribution in [0.2, 0.25) is 0 Å². The van der Waals surface area contributed by atoms with Gasteiger partial charge in [-0.05, 0) is 24.3 Å². The quantitative estimate of drug-likeness (QED) is 0.598. The lowest BCUT2D eigenvalue weighted by atomic mass is 10.1. The molecule has 0 radical (unpaired) electrons. The first kappa shape index (κ1) is 9.59. The van der Waals surface area contributed by atoms with Crippen molar-refractivity contribution in [3.8, 4) is 11.4 Å². The molecule has 0 saturated carbocycles. The van der Waals surface area contributed by atoms with Gasteiger partial charge in [-0.3, -0.25) is 4.98 Å². The van der Waals surface area contributed by atoms with Crippen LogP contribution in [0.25, 0.3) is 22.3 Å². The Labute approximate surface area is 96.9 Å². The largest absolute Gasteiger partial charge is 0.366 e. The molecule has 2 heterocycles. The van der Waals surface area contributed by atoms with Gasteiger partial charge in [0.2, 0.25) is 5.95 Å². The number of aromatic nitrogens is 4. The molecule has 6 heteroatoms. The number of hydrogen-bond donors (Lipinski definition) is 2. The molecule has 3 rings (SSSR count). The Bertz CT molecular complexity index is 687. The van der Waals surface area contributed by atoms with E-state index in [0.29, 0.717) is 5.82 Å². The molecule has 0 amide bonds. The van der Waals surface area contributed by atoms with Crippen LogP contribution >= 0.6 is 0 Å². The Kier molecular flexibility index (Phi) is 1.94. The third-order valence-electron chi connectivity index (χ3n) is 2.58. The molecule has 0 saturated heterocycles. The lowest BCUT2D eigenvalue weighted by Gasteiger charge is -2.02. The molecule has 17 heavy (non-hydrogen) atoms. The second kappa shape index (κ2) is 3.44. The minimum atomic E-state index is 0.186. The molecule has 0 aliphatic rings. The van der Waals surface area contributed by atoms with Gasteiger partial charge in [-0.25, -0.2) is 4.68 Å². The lowest BCUT2D eigenvalue weighted by molar-refractivity contribution is 1.02. The van der Waals surface area contributed by atoms with E-state index >= 15 is 0 Å². The second-order valence-corrected chi connectivity index (χ2v) is 3.66. The number of nitrogen functional groups attached to an aromatic ring is 2. The summed E-state index contributed by atoms with van der Waals surface area (Å²) in [6, 6.07) is 9.62. The fourth-order valence-electron chi connectivity index (χ4n) is 1.71. The molecule has 6 nitrogen and oxygen atoms in total. The van der Waals surface area contributed by atoms with Crippen molar-refractivity contribution in [2.75, 3.05) is 11.6 Å². The molecule has 84 valence electrons. The highest BCUT2D eigenvalue weighted by Gasteiger charge is 2.09. The number of benzene rings is 1. The monoisotopic (exact) mass is 226 g/mol. The predicted octanol–water partition coefficient (Wildman–Crippen LogP) is 0.789. The number of fused-ring (bicyclic) bond motifs is 1. The number of anilines is 1. The summed E-state index contributed by atoms with van der Waals surface area (Å²) < 4.78 is 1.26. The topological polar surface area (TPSA) is 95.6 Å². The van der Waals surface area contributed by atoms with Crippen molar-refractivity contribution < 1.29 is 0 Å². The van der Waals surface area contributed by atoms with Gasteiger partial charge in [-0.15, -0.1) is 10.2 Å². The van der Waals surface area contributed by atoms with Crippen molar-refractivity contribution in [3.05, 3.63) is 36.5 Å². The Morgan fingerprint density at radius 2 is 2.00 bits per heavy atom. The zero-order valence-corrected chi connectivity index (χ0v) is 8.91. The smallest absolute Gasteiger partial charge is 0.241 e. The zero-order valence-electron chi connectivity index (χ0n) is 8.91. The Morgan fingerprint density at radius 1 is 1.12 bits per heavy atom. The SMILES string of the molecule is Nc1nnc(-c2ccc3ncccc3c2)n1N. The van der Waals surface area contributed by atoms with Gasteiger partial charge in [0, 0.05) is 17.1 Å². The van der Waals surface area contributed by atoms with Gasteiger partial charge in [0.05, 0.1) is 5.52 Å². The van der Waals surface area contributed by atoms with Crippen LogP contribution in [-0.2, 0) is 0 Å². The molecule has 0 aliphatic carbocycles. The summed E-state index contributed by atoms with van der Waals surface area (Å²) in [5.41, 5.74) is 7.32. The van der Waals surface area contributed by atoms with Crippen LogP contribution in [0, 0.1) is 0 Å². The van der Waals surface area contributed by atoms with Crippen LogP contribution in [0.5, 0.6) is 0 Å². The molecule has 0 fully saturated rings. The third-order valence-corrected chi connectivity index (χ3v) is 2.58. The molecule has 2 aromatic heterocycles. The molecular weight excluding hydrogens is 216 g/mol. The molecule has 1 aromatic carbocycles. The van der Waals surface area contributed by atoms with E-state index in [4.69, 9.17) is 11.6 Å². The fraction of sp³-hybridized carbons (Fsp3) is 0. The van der Waals surface area contributed by atoms with Gasteiger partial charge in [0.1, 0.15) is 0 Å². The Hall–Kier alpha value is -2.63. The van der Waals surface area contributed by atoms with Crippen LogP contribution in [0.15, 0.2) is 36.5 Å². The zero-order chi connectivity index (χ0) is 11.8. The van der Waals surface area contributed by atoms with Crippen molar-refractivity contribution in [2.24, 2.45) is 0 Å². The fourth-order valence-corrected chi connectivity index (χ4v) is 1.71. The maximum Gasteiger partial charge on any atom is 0.241 e. The Balaban J connectivity index is 2.21. The predicted molar refractivity (Wildman–Crippen MR) is 65.3 cm³/mol. The summed E-state index contributed by atoms with van der Waals surface area (Å²) in [7, 11) is 0. The van der Waals surface area contributed by atoms with Crippen molar-refractivity contribution in [2.45, 2.75) is 0 Å². The highest BCUT2D eigenvalue weighted by molar-refractivity contribution is 5.83. The van der Waals surface area contributed by atoms with Gasteiger partial charge >= 0.3 is 0 Å². The number of hydrogen-bond acceptors (Lipinski definition) is 5. The number of nitrogens with two attached hydrogens (primary N) is 2. The summed E-state index contributed by atoms with van der Waals surface area (Å²) in [5.74, 6) is 6.45. The lowest BCUT2D eigenvalue weighted by Crippen LogP contribution is -2.13. The van der Waals surface area contributed by atoms with Gasteiger partial charge < -0.3 is 11.6 Å². The van der Waals surface area contributed by atoms with Gasteiger partial charge in [-0.2, -0.15) is 0 Å². The van der Waals surface area contributed by atoms with E-state index in [0.717, 1.165) is 16.5 Å². The third kappa shape index (κ3) is 1.46. The average molecular weight is 226 g/mol. The normalized spacial score (nSPS) is 10.8. The van der Waals surface area contributed by atoms with Crippen LogP contribution in [0.4, 0.5) is 5.95 Å². The Morgan fingerprint density at radius 3 is 2.76 bits per heavy atom. The minimum Gasteiger partial charge on any atom is -0.366 e. The van der Waals surface area contributed by atoms with E-state index in [2.05, 4.69) is 15.2 Å². The van der Waals surface area contributed by atoms with Gasteiger partial charge in [0.25, 0.3) is 0 Å². The van der Waals surface area contributed by atoms with Crippen molar-refractivity contribution in [1.29, 1.82) is 0 Å². The molecular formula is C11H10N6. The molecule has 3 aromatic rings. The van der Waals surface area contributed by atoms with Crippen LogP contribution < -0.4 is 11.6 Å². The second-order valence-electron chi connectivity index (χ2n) is 3.66. The van der Waals surface area contributed by atoms with Crippen LogP contribution in [0.1, 0.15) is 0 Å². The van der Waals surface area contributed by atoms with E-state index in [1.54, 1.807) is 6.20 Å². The number of nitrogens with zero attached hydrogens (tertiary/aromatic N) is 4. The first-order valence-electron chi connectivity index (χ1n) is 5.07. The summed E-state index contributed by atoms with van der Waals surface area (Å²) >= 11 is 0. The maximum atomic E-state index is 5.73. The van der Waals surface area contributed by atoms with E-state index in [9.17, 15) is 0 Å². The summed E-state index contributed by atoms with van der Waals surface area (Å²) in [6.45, 7) is 0. The van der Waals surface area contributed by atoms with E-state index < -0.39 is 0 Å². The van der Waals surface area contributed by atoms with Crippen molar-refractivity contribution in [1.82, 2.24) is 19.9 Å². The molecule has 0 bridgehead atoms. The standard InChI is InChI=1S/C11H10N6/c12-11-16-15-10(17(11)13)8-3-4-9-7(6-8)2-1-5-14-9/h1-6H,13H2,(H2,12,16). The summed E-state index contributed by atoms with van der Waals surface area (Å²) in [6.07, 6.45) is 1.76. The van der Waals surface area contributed by atoms with Crippen LogP contribution in [0.3, 0.4) is 0 Å². The first-order valence-corrected chi connectivity index (χ1v) is 5.07. The number of pyridine rings is 1. The summed E-state index contributed by atoms with van der Waals surface area (Å²) in [5, 5.41) is 8.68.